The van der Waals surface area contributed by atoms with Gasteiger partial charge in [0.1, 0.15) is 0 Å². The first kappa shape index (κ1) is 16.3. The molecule has 5 heteroatoms. The van der Waals surface area contributed by atoms with E-state index in [2.05, 4.69) is 27.8 Å². The van der Waals surface area contributed by atoms with Crippen molar-refractivity contribution in [1.29, 1.82) is 0 Å². The first-order valence-electron chi connectivity index (χ1n) is 8.84. The molecular formula is C18H28N4O. The van der Waals surface area contributed by atoms with E-state index in [1.165, 1.54) is 31.4 Å². The highest BCUT2D eigenvalue weighted by Crippen LogP contribution is 2.20. The number of hydrogen-bond acceptors (Lipinski definition) is 4. The highest BCUT2D eigenvalue weighted by molar-refractivity contribution is 5.95. The summed E-state index contributed by atoms with van der Waals surface area (Å²) in [7, 11) is 0. The molecule has 0 spiro atoms. The van der Waals surface area contributed by atoms with Gasteiger partial charge >= 0.3 is 0 Å². The zero-order valence-electron chi connectivity index (χ0n) is 14.0. The summed E-state index contributed by atoms with van der Waals surface area (Å²) in [6, 6.07) is 6.59. The quantitative estimate of drug-likeness (QED) is 0.729. The Balaban J connectivity index is 1.44. The van der Waals surface area contributed by atoms with E-state index in [-0.39, 0.29) is 5.91 Å². The summed E-state index contributed by atoms with van der Waals surface area (Å²) in [5, 5.41) is 9.58. The molecule has 1 fully saturated rings. The number of amides is 1. The Morgan fingerprint density at radius 3 is 3.17 bits per heavy atom. The van der Waals surface area contributed by atoms with Gasteiger partial charge in [0, 0.05) is 36.9 Å². The molecule has 0 radical (unpaired) electrons. The zero-order chi connectivity index (χ0) is 16.1. The molecule has 5 nitrogen and oxygen atoms in total. The fraction of sp³-hybridized carbons (Fsp3) is 0.611. The predicted molar refractivity (Wildman–Crippen MR) is 93.6 cm³/mol. The number of nitrogens with zero attached hydrogens (tertiary/aromatic N) is 1. The van der Waals surface area contributed by atoms with E-state index in [1.807, 2.05) is 18.2 Å². The minimum absolute atomic E-state index is 0.0276. The van der Waals surface area contributed by atoms with Crippen LogP contribution in [0.1, 0.15) is 48.5 Å². The van der Waals surface area contributed by atoms with Crippen LogP contribution in [0, 0.1) is 0 Å². The number of nitrogens with one attached hydrogen (secondary N) is 3. The van der Waals surface area contributed by atoms with Gasteiger partial charge in [0.15, 0.2) is 0 Å². The molecule has 3 rings (SSSR count). The molecule has 3 N–H and O–H groups in total. The molecule has 2 heterocycles. The molecule has 1 saturated heterocycles. The minimum Gasteiger partial charge on any atom is -0.372 e. The minimum atomic E-state index is 0.0276. The second-order valence-corrected chi connectivity index (χ2v) is 6.64. The Labute approximate surface area is 138 Å². The van der Waals surface area contributed by atoms with E-state index in [4.69, 9.17) is 0 Å². The van der Waals surface area contributed by atoms with Crippen LogP contribution >= 0.6 is 0 Å². The van der Waals surface area contributed by atoms with Gasteiger partial charge in [0.25, 0.3) is 5.91 Å². The fourth-order valence-electron chi connectivity index (χ4n) is 3.47. The Kier molecular flexibility index (Phi) is 5.51. The first-order valence-corrected chi connectivity index (χ1v) is 8.84. The summed E-state index contributed by atoms with van der Waals surface area (Å²) in [4.78, 5) is 14.8. The van der Waals surface area contributed by atoms with Crippen molar-refractivity contribution < 1.29 is 4.79 Å². The van der Waals surface area contributed by atoms with Crippen molar-refractivity contribution in [2.75, 3.05) is 31.6 Å². The lowest BCUT2D eigenvalue weighted by Crippen LogP contribution is -2.39. The van der Waals surface area contributed by atoms with Gasteiger partial charge in [-0.1, -0.05) is 12.5 Å². The molecule has 1 aromatic carbocycles. The number of carbonyl (C=O) groups is 1. The normalized spacial score (nSPS) is 21.3. The highest BCUT2D eigenvalue weighted by Gasteiger charge is 2.17. The van der Waals surface area contributed by atoms with Crippen LogP contribution < -0.4 is 16.0 Å². The fourth-order valence-corrected chi connectivity index (χ4v) is 3.47. The van der Waals surface area contributed by atoms with Gasteiger partial charge in [-0.05, 0) is 50.4 Å². The van der Waals surface area contributed by atoms with E-state index in [9.17, 15) is 4.79 Å². The second kappa shape index (κ2) is 7.79. The maximum absolute atomic E-state index is 12.3. The van der Waals surface area contributed by atoms with Crippen LogP contribution in [0.3, 0.4) is 0 Å². The number of piperidine rings is 1. The summed E-state index contributed by atoms with van der Waals surface area (Å²) in [5.41, 5.74) is 3.02. The molecular weight excluding hydrogens is 288 g/mol. The lowest BCUT2D eigenvalue weighted by molar-refractivity contribution is 0.0949. The number of fused-ring (bicyclic) bond motifs is 1. The van der Waals surface area contributed by atoms with Crippen molar-refractivity contribution >= 4 is 11.6 Å². The number of anilines is 1. The third kappa shape index (κ3) is 4.24. The van der Waals surface area contributed by atoms with Gasteiger partial charge in [-0.15, -0.1) is 0 Å². The first-order chi connectivity index (χ1) is 11.2. The van der Waals surface area contributed by atoms with E-state index < -0.39 is 0 Å². The van der Waals surface area contributed by atoms with Crippen LogP contribution in [-0.4, -0.2) is 43.2 Å². The van der Waals surface area contributed by atoms with E-state index >= 15 is 0 Å². The highest BCUT2D eigenvalue weighted by atomic mass is 16.1. The van der Waals surface area contributed by atoms with E-state index in [1.54, 1.807) is 0 Å². The molecule has 1 unspecified atom stereocenters. The monoisotopic (exact) mass is 316 g/mol. The molecule has 0 aromatic heterocycles. The Morgan fingerprint density at radius 2 is 2.30 bits per heavy atom. The summed E-state index contributed by atoms with van der Waals surface area (Å²) in [6.45, 7) is 6.96. The van der Waals surface area contributed by atoms with Crippen LogP contribution in [0.15, 0.2) is 18.2 Å². The molecule has 2 aliphatic heterocycles. The van der Waals surface area contributed by atoms with Gasteiger partial charge < -0.3 is 15.5 Å². The third-order valence-corrected chi connectivity index (χ3v) is 4.94. The summed E-state index contributed by atoms with van der Waals surface area (Å²) >= 11 is 0. The zero-order valence-corrected chi connectivity index (χ0v) is 14.0. The SMILES string of the molecule is CC1CCCCN1CCCNC(=O)c1ccc2c(c1)NCNC2. The van der Waals surface area contributed by atoms with Crippen molar-refractivity contribution in [3.63, 3.8) is 0 Å². The van der Waals surface area contributed by atoms with Crippen molar-refractivity contribution in [3.05, 3.63) is 29.3 Å². The van der Waals surface area contributed by atoms with E-state index in [0.717, 1.165) is 44.0 Å². The van der Waals surface area contributed by atoms with E-state index in [0.29, 0.717) is 6.04 Å². The van der Waals surface area contributed by atoms with Crippen molar-refractivity contribution in [2.24, 2.45) is 0 Å². The largest absolute Gasteiger partial charge is 0.372 e. The summed E-state index contributed by atoms with van der Waals surface area (Å²) in [5.74, 6) is 0.0276. The summed E-state index contributed by atoms with van der Waals surface area (Å²) < 4.78 is 0. The molecule has 0 saturated carbocycles. The Morgan fingerprint density at radius 1 is 1.39 bits per heavy atom. The van der Waals surface area contributed by atoms with Gasteiger partial charge in [-0.25, -0.2) is 0 Å². The second-order valence-electron chi connectivity index (χ2n) is 6.64. The molecule has 126 valence electrons. The van der Waals surface area contributed by atoms with Crippen LogP contribution in [0.25, 0.3) is 0 Å². The van der Waals surface area contributed by atoms with Crippen molar-refractivity contribution in [2.45, 2.75) is 45.2 Å². The maximum atomic E-state index is 12.3. The molecule has 0 aliphatic carbocycles. The molecule has 1 amide bonds. The van der Waals surface area contributed by atoms with Crippen LogP contribution in [0.5, 0.6) is 0 Å². The number of likely N-dealkylation sites (tertiary alicyclic amines) is 1. The number of hydrogen-bond donors (Lipinski definition) is 3. The molecule has 1 aromatic rings. The van der Waals surface area contributed by atoms with Crippen molar-refractivity contribution in [1.82, 2.24) is 15.5 Å². The van der Waals surface area contributed by atoms with Gasteiger partial charge in [-0.2, -0.15) is 0 Å². The van der Waals surface area contributed by atoms with Gasteiger partial charge in [-0.3, -0.25) is 10.1 Å². The Bertz CT molecular complexity index is 546. The lowest BCUT2D eigenvalue weighted by Gasteiger charge is -2.33. The Hall–Kier alpha value is -1.59. The molecule has 23 heavy (non-hydrogen) atoms. The molecule has 1 atom stereocenters. The predicted octanol–water partition coefficient (Wildman–Crippen LogP) is 2.15. The average Bonchev–Trinajstić information content (AvgIpc) is 2.59. The summed E-state index contributed by atoms with van der Waals surface area (Å²) in [6.07, 6.45) is 5.00. The maximum Gasteiger partial charge on any atom is 0.251 e. The smallest absolute Gasteiger partial charge is 0.251 e. The average molecular weight is 316 g/mol. The molecule has 0 bridgehead atoms. The molecule has 2 aliphatic rings. The topological polar surface area (TPSA) is 56.4 Å². The number of benzene rings is 1. The van der Waals surface area contributed by atoms with Crippen LogP contribution in [0.2, 0.25) is 0 Å². The van der Waals surface area contributed by atoms with Gasteiger partial charge in [0.05, 0.1) is 6.67 Å². The third-order valence-electron chi connectivity index (χ3n) is 4.94. The van der Waals surface area contributed by atoms with Crippen LogP contribution in [0.4, 0.5) is 5.69 Å². The lowest BCUT2D eigenvalue weighted by atomic mass is 10.0. The number of rotatable bonds is 5. The van der Waals surface area contributed by atoms with Crippen molar-refractivity contribution in [3.8, 4) is 0 Å². The van der Waals surface area contributed by atoms with Crippen LogP contribution in [-0.2, 0) is 6.54 Å². The van der Waals surface area contributed by atoms with Gasteiger partial charge in [0.2, 0.25) is 0 Å². The standard InChI is InChI=1S/C18H28N4O/c1-14-5-2-3-9-22(14)10-4-8-20-18(23)15-6-7-16-12-19-13-21-17(16)11-15/h6-7,11,14,19,21H,2-5,8-10,12-13H2,1H3,(H,20,23). The number of carbonyl (C=O) groups excluding carboxylic acids is 1.